The predicted molar refractivity (Wildman–Crippen MR) is 75.7 cm³/mol. The van der Waals surface area contributed by atoms with E-state index < -0.39 is 0 Å². The summed E-state index contributed by atoms with van der Waals surface area (Å²) < 4.78 is 0. The lowest BCUT2D eigenvalue weighted by Crippen LogP contribution is -2.43. The molecule has 0 aromatic carbocycles. The molecular formula is C13H22N4O2. The van der Waals surface area contributed by atoms with Crippen molar-refractivity contribution in [3.05, 3.63) is 0 Å². The Balaban J connectivity index is 2.28. The number of carbonyl (C=O) groups is 2. The molecule has 0 saturated heterocycles. The van der Waals surface area contributed by atoms with E-state index in [1.165, 1.54) is 6.21 Å². The zero-order valence-electron chi connectivity index (χ0n) is 11.8. The van der Waals surface area contributed by atoms with E-state index in [-0.39, 0.29) is 30.1 Å². The second-order valence-corrected chi connectivity index (χ2v) is 5.08. The Bertz CT molecular complexity index is 388. The first-order valence-electron chi connectivity index (χ1n) is 6.61. The molecular weight excluding hydrogens is 244 g/mol. The van der Waals surface area contributed by atoms with Crippen LogP contribution in [0.25, 0.3) is 0 Å². The van der Waals surface area contributed by atoms with Gasteiger partial charge in [0.25, 0.3) is 5.91 Å². The highest BCUT2D eigenvalue weighted by Crippen LogP contribution is 2.03. The van der Waals surface area contributed by atoms with Gasteiger partial charge in [-0.15, -0.1) is 0 Å². The highest BCUT2D eigenvalue weighted by Gasteiger charge is 2.13. The fraction of sp³-hybridized carbons (Fsp3) is 0.692. The van der Waals surface area contributed by atoms with E-state index in [1.807, 2.05) is 6.92 Å². The first-order chi connectivity index (χ1) is 8.99. The van der Waals surface area contributed by atoms with Crippen LogP contribution in [-0.2, 0) is 9.59 Å². The molecule has 19 heavy (non-hydrogen) atoms. The van der Waals surface area contributed by atoms with E-state index in [4.69, 9.17) is 0 Å². The van der Waals surface area contributed by atoms with Crippen molar-refractivity contribution in [2.75, 3.05) is 19.6 Å². The van der Waals surface area contributed by atoms with E-state index in [2.05, 4.69) is 34.5 Å². The van der Waals surface area contributed by atoms with Gasteiger partial charge in [0.1, 0.15) is 5.71 Å². The quantitative estimate of drug-likeness (QED) is 0.719. The lowest BCUT2D eigenvalue weighted by Gasteiger charge is -2.16. The van der Waals surface area contributed by atoms with E-state index in [1.54, 1.807) is 0 Å². The van der Waals surface area contributed by atoms with E-state index in [0.29, 0.717) is 19.0 Å². The SMILES string of the molecule is CC(C)CC(C)NC(=O)CNC(=O)C1=NCCN=C1. The lowest BCUT2D eigenvalue weighted by molar-refractivity contribution is -0.123. The third kappa shape index (κ3) is 6.13. The maximum Gasteiger partial charge on any atom is 0.271 e. The van der Waals surface area contributed by atoms with E-state index in [9.17, 15) is 9.59 Å². The van der Waals surface area contributed by atoms with Crippen LogP contribution in [0.4, 0.5) is 0 Å². The van der Waals surface area contributed by atoms with Crippen LogP contribution in [-0.4, -0.2) is 49.4 Å². The second-order valence-electron chi connectivity index (χ2n) is 5.08. The zero-order chi connectivity index (χ0) is 14.3. The maximum absolute atomic E-state index is 11.7. The first kappa shape index (κ1) is 15.3. The van der Waals surface area contributed by atoms with Crippen molar-refractivity contribution in [1.29, 1.82) is 0 Å². The minimum Gasteiger partial charge on any atom is -0.352 e. The van der Waals surface area contributed by atoms with Gasteiger partial charge in [-0.05, 0) is 19.3 Å². The van der Waals surface area contributed by atoms with Crippen molar-refractivity contribution >= 4 is 23.7 Å². The smallest absolute Gasteiger partial charge is 0.271 e. The van der Waals surface area contributed by atoms with Gasteiger partial charge in [-0.1, -0.05) is 13.8 Å². The molecule has 1 aliphatic rings. The van der Waals surface area contributed by atoms with Crippen molar-refractivity contribution in [3.63, 3.8) is 0 Å². The fourth-order valence-corrected chi connectivity index (χ4v) is 1.89. The molecule has 0 saturated carbocycles. The minimum absolute atomic E-state index is 0.0336. The topological polar surface area (TPSA) is 82.9 Å². The van der Waals surface area contributed by atoms with Crippen LogP contribution in [0.3, 0.4) is 0 Å². The van der Waals surface area contributed by atoms with Crippen molar-refractivity contribution < 1.29 is 9.59 Å². The van der Waals surface area contributed by atoms with Gasteiger partial charge < -0.3 is 10.6 Å². The Labute approximate surface area is 113 Å². The molecule has 0 aromatic rings. The third-order valence-electron chi connectivity index (χ3n) is 2.60. The van der Waals surface area contributed by atoms with Crippen molar-refractivity contribution in [2.24, 2.45) is 15.9 Å². The number of hydrogen-bond donors (Lipinski definition) is 2. The van der Waals surface area contributed by atoms with Gasteiger partial charge in [0.05, 0.1) is 25.8 Å². The summed E-state index contributed by atoms with van der Waals surface area (Å²) in [5.74, 6) is -0.0114. The molecule has 1 atom stereocenters. The Morgan fingerprint density at radius 1 is 1.32 bits per heavy atom. The minimum atomic E-state index is -0.352. The number of amides is 2. The molecule has 1 rings (SSSR count). The number of carbonyl (C=O) groups excluding carboxylic acids is 2. The Kier molecular flexibility index (Phi) is 6.18. The van der Waals surface area contributed by atoms with Gasteiger partial charge in [0, 0.05) is 6.04 Å². The molecule has 0 spiro atoms. The normalized spacial score (nSPS) is 15.9. The maximum atomic E-state index is 11.7. The highest BCUT2D eigenvalue weighted by molar-refractivity contribution is 6.61. The molecule has 6 nitrogen and oxygen atoms in total. The van der Waals surface area contributed by atoms with Crippen LogP contribution in [0.2, 0.25) is 0 Å². The molecule has 1 unspecified atom stereocenters. The molecule has 0 bridgehead atoms. The standard InChI is InChI=1S/C13H22N4O2/c1-9(2)6-10(3)17-12(18)8-16-13(19)11-7-14-4-5-15-11/h7,9-10H,4-6,8H2,1-3H3,(H,16,19)(H,17,18). The fourth-order valence-electron chi connectivity index (χ4n) is 1.89. The van der Waals surface area contributed by atoms with Crippen molar-refractivity contribution in [2.45, 2.75) is 33.2 Å². The molecule has 0 fully saturated rings. The van der Waals surface area contributed by atoms with Gasteiger partial charge in [-0.3, -0.25) is 19.6 Å². The van der Waals surface area contributed by atoms with E-state index in [0.717, 1.165) is 6.42 Å². The number of nitrogens with zero attached hydrogens (tertiary/aromatic N) is 2. The van der Waals surface area contributed by atoms with Crippen LogP contribution in [0.1, 0.15) is 27.2 Å². The van der Waals surface area contributed by atoms with Gasteiger partial charge in [0.15, 0.2) is 0 Å². The Morgan fingerprint density at radius 2 is 2.05 bits per heavy atom. The Hall–Kier alpha value is -1.72. The van der Waals surface area contributed by atoms with Crippen molar-refractivity contribution in [3.8, 4) is 0 Å². The van der Waals surface area contributed by atoms with Crippen LogP contribution >= 0.6 is 0 Å². The highest BCUT2D eigenvalue weighted by atomic mass is 16.2. The summed E-state index contributed by atoms with van der Waals surface area (Å²) in [7, 11) is 0. The molecule has 0 aromatic heterocycles. The molecule has 106 valence electrons. The van der Waals surface area contributed by atoms with Gasteiger partial charge in [-0.2, -0.15) is 0 Å². The summed E-state index contributed by atoms with van der Waals surface area (Å²) in [4.78, 5) is 31.3. The molecule has 6 heteroatoms. The van der Waals surface area contributed by atoms with E-state index >= 15 is 0 Å². The zero-order valence-corrected chi connectivity index (χ0v) is 11.8. The molecule has 2 N–H and O–H groups in total. The lowest BCUT2D eigenvalue weighted by atomic mass is 10.1. The third-order valence-corrected chi connectivity index (χ3v) is 2.60. The van der Waals surface area contributed by atoms with Crippen LogP contribution in [0, 0.1) is 5.92 Å². The van der Waals surface area contributed by atoms with Crippen LogP contribution < -0.4 is 10.6 Å². The Morgan fingerprint density at radius 3 is 2.63 bits per heavy atom. The largest absolute Gasteiger partial charge is 0.352 e. The summed E-state index contributed by atoms with van der Waals surface area (Å²) in [6.07, 6.45) is 2.36. The molecule has 1 aliphatic heterocycles. The number of hydrogen-bond acceptors (Lipinski definition) is 4. The van der Waals surface area contributed by atoms with Crippen LogP contribution in [0.15, 0.2) is 9.98 Å². The average molecular weight is 266 g/mol. The summed E-state index contributed by atoms with van der Waals surface area (Å²) in [6, 6.07) is 0.109. The summed E-state index contributed by atoms with van der Waals surface area (Å²) in [5.41, 5.74) is 0.286. The van der Waals surface area contributed by atoms with Crippen LogP contribution in [0.5, 0.6) is 0 Å². The molecule has 1 heterocycles. The molecule has 0 radical (unpaired) electrons. The molecule has 0 aliphatic carbocycles. The predicted octanol–water partition coefficient (Wildman–Crippen LogP) is 0.179. The second kappa shape index (κ2) is 7.66. The molecule has 2 amide bonds. The van der Waals surface area contributed by atoms with Crippen molar-refractivity contribution in [1.82, 2.24) is 10.6 Å². The van der Waals surface area contributed by atoms with Gasteiger partial charge in [-0.25, -0.2) is 0 Å². The number of nitrogens with one attached hydrogen (secondary N) is 2. The number of rotatable bonds is 6. The summed E-state index contributed by atoms with van der Waals surface area (Å²) >= 11 is 0. The monoisotopic (exact) mass is 266 g/mol. The first-order valence-corrected chi connectivity index (χ1v) is 6.61. The van der Waals surface area contributed by atoms with Gasteiger partial charge >= 0.3 is 0 Å². The average Bonchev–Trinajstić information content (AvgIpc) is 2.36. The van der Waals surface area contributed by atoms with Gasteiger partial charge in [0.2, 0.25) is 5.91 Å². The summed E-state index contributed by atoms with van der Waals surface area (Å²) in [6.45, 7) is 7.27. The number of aliphatic imine (C=N–C) groups is 2. The summed E-state index contributed by atoms with van der Waals surface area (Å²) in [5, 5.41) is 5.38.